The fourth-order valence-corrected chi connectivity index (χ4v) is 2.50. The van der Waals surface area contributed by atoms with E-state index in [9.17, 15) is 4.79 Å². The van der Waals surface area contributed by atoms with E-state index in [1.54, 1.807) is 17.5 Å². The maximum absolute atomic E-state index is 11.0. The third kappa shape index (κ3) is 2.17. The first-order valence-electron chi connectivity index (χ1n) is 5.68. The number of aromatic nitrogens is 1. The van der Waals surface area contributed by atoms with Crippen LogP contribution in [0.4, 0.5) is 0 Å². The lowest BCUT2D eigenvalue weighted by molar-refractivity contribution is -0.121. The van der Waals surface area contributed by atoms with Gasteiger partial charge in [-0.1, -0.05) is 24.3 Å². The van der Waals surface area contributed by atoms with Crippen molar-refractivity contribution in [3.8, 4) is 10.6 Å². The molecule has 0 spiro atoms. The number of thiazole rings is 1. The average Bonchev–Trinajstić information content (AvgIpc) is 2.94. The number of rotatable bonds is 2. The Balaban J connectivity index is 1.85. The first-order valence-corrected chi connectivity index (χ1v) is 6.56. The van der Waals surface area contributed by atoms with Crippen LogP contribution >= 0.6 is 11.3 Å². The van der Waals surface area contributed by atoms with Crippen molar-refractivity contribution in [2.75, 3.05) is 0 Å². The third-order valence-corrected chi connectivity index (χ3v) is 3.62. The van der Waals surface area contributed by atoms with Crippen molar-refractivity contribution in [1.82, 2.24) is 10.4 Å². The lowest BCUT2D eigenvalue weighted by atomic mass is 10.0. The molecule has 18 heavy (non-hydrogen) atoms. The van der Waals surface area contributed by atoms with E-state index in [-0.39, 0.29) is 5.91 Å². The predicted molar refractivity (Wildman–Crippen MR) is 71.5 cm³/mol. The van der Waals surface area contributed by atoms with Gasteiger partial charge in [0.15, 0.2) is 0 Å². The summed E-state index contributed by atoms with van der Waals surface area (Å²) >= 11 is 1.62. The van der Waals surface area contributed by atoms with Gasteiger partial charge in [0, 0.05) is 30.0 Å². The topological polar surface area (TPSA) is 54.4 Å². The molecule has 0 saturated heterocycles. The maximum atomic E-state index is 11.0. The van der Waals surface area contributed by atoms with Crippen LogP contribution < -0.4 is 5.43 Å². The fourth-order valence-electron chi connectivity index (χ4n) is 1.85. The van der Waals surface area contributed by atoms with Gasteiger partial charge < -0.3 is 0 Å². The summed E-state index contributed by atoms with van der Waals surface area (Å²) in [5.41, 5.74) is 5.60. The summed E-state index contributed by atoms with van der Waals surface area (Å²) in [5, 5.41) is 7.05. The normalized spacial score (nSPS) is 15.1. The van der Waals surface area contributed by atoms with Crippen LogP contribution in [0.5, 0.6) is 0 Å². The molecule has 2 heterocycles. The number of nitrogens with zero attached hydrogens (tertiary/aromatic N) is 2. The molecule has 0 radical (unpaired) electrons. The molecule has 0 unspecified atom stereocenters. The number of carbonyl (C=O) groups is 1. The zero-order valence-electron chi connectivity index (χ0n) is 9.59. The molecule has 0 saturated carbocycles. The van der Waals surface area contributed by atoms with Crippen LogP contribution in [0.15, 0.2) is 40.9 Å². The molecule has 90 valence electrons. The molecule has 1 aliphatic rings. The smallest absolute Gasteiger partial charge is 0.240 e. The third-order valence-electron chi connectivity index (χ3n) is 2.80. The second kappa shape index (κ2) is 4.70. The number of hydrazone groups is 1. The Morgan fingerprint density at radius 2 is 1.89 bits per heavy atom. The standard InChI is InChI=1S/C13H11N3OS/c17-12-6-5-11(15-16-12)9-1-3-10(4-2-9)13-14-7-8-18-13/h1-4,7-8H,5-6H2,(H,16,17). The van der Waals surface area contributed by atoms with Crippen molar-refractivity contribution in [3.05, 3.63) is 41.4 Å². The van der Waals surface area contributed by atoms with Gasteiger partial charge in [0.1, 0.15) is 5.01 Å². The van der Waals surface area contributed by atoms with Gasteiger partial charge in [-0.25, -0.2) is 10.4 Å². The second-order valence-corrected chi connectivity index (χ2v) is 4.90. The zero-order chi connectivity index (χ0) is 12.4. The SMILES string of the molecule is O=C1CCC(c2ccc(-c3nccs3)cc2)=NN1. The number of hydrogen-bond donors (Lipinski definition) is 1. The molecule has 1 N–H and O–H groups in total. The number of carbonyl (C=O) groups excluding carboxylic acids is 1. The minimum Gasteiger partial charge on any atom is -0.273 e. The molecule has 0 aliphatic carbocycles. The summed E-state index contributed by atoms with van der Waals surface area (Å²) in [6, 6.07) is 8.11. The first kappa shape index (κ1) is 11.1. The van der Waals surface area contributed by atoms with E-state index in [2.05, 4.69) is 15.5 Å². The zero-order valence-corrected chi connectivity index (χ0v) is 10.4. The van der Waals surface area contributed by atoms with E-state index in [1.165, 1.54) is 0 Å². The number of nitrogens with one attached hydrogen (secondary N) is 1. The van der Waals surface area contributed by atoms with Crippen molar-refractivity contribution in [2.24, 2.45) is 5.10 Å². The summed E-state index contributed by atoms with van der Waals surface area (Å²) in [5.74, 6) is -0.0156. The van der Waals surface area contributed by atoms with E-state index >= 15 is 0 Å². The van der Waals surface area contributed by atoms with Crippen molar-refractivity contribution in [1.29, 1.82) is 0 Å². The van der Waals surface area contributed by atoms with Gasteiger partial charge in [-0.3, -0.25) is 4.79 Å². The van der Waals surface area contributed by atoms with Gasteiger partial charge in [0.05, 0.1) is 5.71 Å². The number of benzene rings is 1. The van der Waals surface area contributed by atoms with Crippen LogP contribution in [0.1, 0.15) is 18.4 Å². The van der Waals surface area contributed by atoms with Crippen LogP contribution in [-0.2, 0) is 4.79 Å². The van der Waals surface area contributed by atoms with Crippen molar-refractivity contribution < 1.29 is 4.79 Å². The van der Waals surface area contributed by atoms with Crippen LogP contribution in [-0.4, -0.2) is 16.6 Å². The fraction of sp³-hybridized carbons (Fsp3) is 0.154. The molecule has 4 nitrogen and oxygen atoms in total. The molecule has 0 fully saturated rings. The van der Waals surface area contributed by atoms with Crippen molar-refractivity contribution >= 4 is 23.0 Å². The Bertz CT molecular complexity index is 587. The monoisotopic (exact) mass is 257 g/mol. The van der Waals surface area contributed by atoms with E-state index < -0.39 is 0 Å². The van der Waals surface area contributed by atoms with Gasteiger partial charge in [0.2, 0.25) is 5.91 Å². The molecule has 1 aromatic carbocycles. The van der Waals surface area contributed by atoms with Crippen LogP contribution in [0.25, 0.3) is 10.6 Å². The molecule has 1 aliphatic heterocycles. The predicted octanol–water partition coefficient (Wildman–Crippen LogP) is 2.42. The lowest BCUT2D eigenvalue weighted by Crippen LogP contribution is -2.25. The van der Waals surface area contributed by atoms with Gasteiger partial charge >= 0.3 is 0 Å². The molecule has 3 rings (SSSR count). The van der Waals surface area contributed by atoms with Gasteiger partial charge in [-0.05, 0) is 5.56 Å². The highest BCUT2D eigenvalue weighted by Crippen LogP contribution is 2.22. The Morgan fingerprint density at radius 3 is 2.50 bits per heavy atom. The summed E-state index contributed by atoms with van der Waals surface area (Å²) in [4.78, 5) is 15.3. The Hall–Kier alpha value is -2.01. The number of amides is 1. The van der Waals surface area contributed by atoms with Crippen LogP contribution in [0.3, 0.4) is 0 Å². The Morgan fingerprint density at radius 1 is 1.11 bits per heavy atom. The number of hydrogen-bond acceptors (Lipinski definition) is 4. The van der Waals surface area contributed by atoms with Crippen molar-refractivity contribution in [3.63, 3.8) is 0 Å². The second-order valence-electron chi connectivity index (χ2n) is 4.01. The molecular weight excluding hydrogens is 246 g/mol. The van der Waals surface area contributed by atoms with Gasteiger partial charge in [-0.15, -0.1) is 11.3 Å². The molecule has 0 bridgehead atoms. The van der Waals surface area contributed by atoms with Crippen molar-refractivity contribution in [2.45, 2.75) is 12.8 Å². The van der Waals surface area contributed by atoms with Gasteiger partial charge in [0.25, 0.3) is 0 Å². The van der Waals surface area contributed by atoms with Gasteiger partial charge in [-0.2, -0.15) is 5.10 Å². The minimum absolute atomic E-state index is 0.0156. The minimum atomic E-state index is -0.0156. The Labute approximate surface area is 108 Å². The first-order chi connectivity index (χ1) is 8.83. The molecule has 5 heteroatoms. The summed E-state index contributed by atoms with van der Waals surface area (Å²) in [7, 11) is 0. The molecule has 2 aromatic rings. The quantitative estimate of drug-likeness (QED) is 0.898. The summed E-state index contributed by atoms with van der Waals surface area (Å²) < 4.78 is 0. The molecule has 1 amide bonds. The van der Waals surface area contributed by atoms with E-state index in [1.807, 2.05) is 29.6 Å². The largest absolute Gasteiger partial charge is 0.273 e. The highest BCUT2D eigenvalue weighted by atomic mass is 32.1. The van der Waals surface area contributed by atoms with E-state index in [0.717, 1.165) is 21.8 Å². The molecular formula is C13H11N3OS. The molecule has 0 atom stereocenters. The highest BCUT2D eigenvalue weighted by molar-refractivity contribution is 7.13. The van der Waals surface area contributed by atoms with E-state index in [4.69, 9.17) is 0 Å². The van der Waals surface area contributed by atoms with Crippen LogP contribution in [0.2, 0.25) is 0 Å². The lowest BCUT2D eigenvalue weighted by Gasteiger charge is -2.12. The molecule has 1 aromatic heterocycles. The highest BCUT2D eigenvalue weighted by Gasteiger charge is 2.13. The average molecular weight is 257 g/mol. The van der Waals surface area contributed by atoms with E-state index in [0.29, 0.717) is 12.8 Å². The summed E-state index contributed by atoms with van der Waals surface area (Å²) in [6.45, 7) is 0. The maximum Gasteiger partial charge on any atom is 0.240 e. The van der Waals surface area contributed by atoms with Crippen LogP contribution in [0, 0.1) is 0 Å². The summed E-state index contributed by atoms with van der Waals surface area (Å²) in [6.07, 6.45) is 3.00. The Kier molecular flexibility index (Phi) is 2.90.